The molecule has 19 heavy (non-hydrogen) atoms. The summed E-state index contributed by atoms with van der Waals surface area (Å²) in [5.74, 6) is 0.887. The van der Waals surface area contributed by atoms with E-state index in [1.165, 1.54) is 19.3 Å². The number of unbranched alkanes of at least 4 members (excludes halogenated alkanes) is 3. The minimum atomic E-state index is 0.584. The Bertz CT molecular complexity index is 287. The molecular weight excluding hydrogens is 240 g/mol. The van der Waals surface area contributed by atoms with Crippen LogP contribution in [0.1, 0.15) is 32.6 Å². The minimum absolute atomic E-state index is 0.584. The van der Waals surface area contributed by atoms with E-state index in [4.69, 9.17) is 14.2 Å². The average Bonchev–Trinajstić information content (AvgIpc) is 2.46. The second-order valence-corrected chi connectivity index (χ2v) is 4.45. The molecule has 0 bridgehead atoms. The molecule has 3 heteroatoms. The van der Waals surface area contributed by atoms with E-state index in [0.717, 1.165) is 18.8 Å². The Balaban J connectivity index is 1.79. The van der Waals surface area contributed by atoms with Gasteiger partial charge in [0.2, 0.25) is 0 Å². The van der Waals surface area contributed by atoms with Crippen LogP contribution in [0.25, 0.3) is 0 Å². The molecule has 0 heterocycles. The Labute approximate surface area is 116 Å². The Hall–Kier alpha value is -1.06. The fourth-order valence-corrected chi connectivity index (χ4v) is 1.69. The molecule has 0 atom stereocenters. The first kappa shape index (κ1) is 16.0. The number of rotatable bonds is 12. The van der Waals surface area contributed by atoms with Gasteiger partial charge in [-0.25, -0.2) is 0 Å². The molecule has 0 amide bonds. The highest BCUT2D eigenvalue weighted by atomic mass is 16.5. The second-order valence-electron chi connectivity index (χ2n) is 4.45. The van der Waals surface area contributed by atoms with E-state index < -0.39 is 0 Å². The summed E-state index contributed by atoms with van der Waals surface area (Å²) >= 11 is 0. The molecule has 1 aromatic rings. The zero-order valence-electron chi connectivity index (χ0n) is 12.0. The van der Waals surface area contributed by atoms with Crippen molar-refractivity contribution < 1.29 is 14.2 Å². The molecule has 0 fully saturated rings. The number of ether oxygens (including phenoxy) is 3. The normalized spacial score (nSPS) is 10.6. The van der Waals surface area contributed by atoms with Crippen LogP contribution in [0, 0.1) is 0 Å². The molecule has 0 aliphatic rings. The van der Waals surface area contributed by atoms with Crippen molar-refractivity contribution in [3.05, 3.63) is 30.3 Å². The summed E-state index contributed by atoms with van der Waals surface area (Å²) in [5, 5.41) is 0. The Kier molecular flexibility index (Phi) is 10.1. The predicted octanol–water partition coefficient (Wildman–Crippen LogP) is 3.68. The lowest BCUT2D eigenvalue weighted by Crippen LogP contribution is -2.11. The summed E-state index contributed by atoms with van der Waals surface area (Å²) < 4.78 is 16.4. The first-order valence-corrected chi connectivity index (χ1v) is 7.27. The minimum Gasteiger partial charge on any atom is -0.491 e. The van der Waals surface area contributed by atoms with Gasteiger partial charge >= 0.3 is 0 Å². The molecule has 1 rings (SSSR count). The van der Waals surface area contributed by atoms with Crippen molar-refractivity contribution in [3.63, 3.8) is 0 Å². The summed E-state index contributed by atoms with van der Waals surface area (Å²) in [5.41, 5.74) is 0. The molecule has 0 unspecified atom stereocenters. The van der Waals surface area contributed by atoms with Crippen LogP contribution in [-0.2, 0) is 9.47 Å². The largest absolute Gasteiger partial charge is 0.491 e. The lowest BCUT2D eigenvalue weighted by molar-refractivity contribution is 0.0352. The van der Waals surface area contributed by atoms with Crippen molar-refractivity contribution in [2.75, 3.05) is 33.0 Å². The van der Waals surface area contributed by atoms with Gasteiger partial charge < -0.3 is 14.2 Å². The lowest BCUT2D eigenvalue weighted by atomic mass is 10.2. The highest BCUT2D eigenvalue weighted by Crippen LogP contribution is 2.07. The molecule has 108 valence electrons. The smallest absolute Gasteiger partial charge is 0.119 e. The Morgan fingerprint density at radius 2 is 1.42 bits per heavy atom. The maximum absolute atomic E-state index is 5.51. The van der Waals surface area contributed by atoms with Gasteiger partial charge in [-0.3, -0.25) is 0 Å². The van der Waals surface area contributed by atoms with Crippen molar-refractivity contribution >= 4 is 0 Å². The highest BCUT2D eigenvalue weighted by Gasteiger charge is 1.93. The van der Waals surface area contributed by atoms with E-state index in [2.05, 4.69) is 6.92 Å². The van der Waals surface area contributed by atoms with Gasteiger partial charge in [0.1, 0.15) is 12.4 Å². The second kappa shape index (κ2) is 12.0. The fraction of sp³-hybridized carbons (Fsp3) is 0.625. The van der Waals surface area contributed by atoms with Gasteiger partial charge in [0.05, 0.1) is 19.8 Å². The monoisotopic (exact) mass is 266 g/mol. The molecule has 0 saturated heterocycles. The van der Waals surface area contributed by atoms with Crippen LogP contribution >= 0.6 is 0 Å². The third kappa shape index (κ3) is 9.51. The first-order valence-electron chi connectivity index (χ1n) is 7.27. The predicted molar refractivity (Wildman–Crippen MR) is 77.7 cm³/mol. The third-order valence-electron chi connectivity index (χ3n) is 2.75. The quantitative estimate of drug-likeness (QED) is 0.540. The standard InChI is InChI=1S/C16H26O3/c1-2-3-4-8-11-17-12-13-18-14-15-19-16-9-6-5-7-10-16/h5-7,9-10H,2-4,8,11-15H2,1H3. The van der Waals surface area contributed by atoms with Gasteiger partial charge in [-0.1, -0.05) is 44.4 Å². The van der Waals surface area contributed by atoms with E-state index in [1.807, 2.05) is 30.3 Å². The molecule has 0 saturated carbocycles. The van der Waals surface area contributed by atoms with Crippen LogP contribution in [0.15, 0.2) is 30.3 Å². The van der Waals surface area contributed by atoms with Crippen LogP contribution in [0.2, 0.25) is 0 Å². The van der Waals surface area contributed by atoms with Gasteiger partial charge in [0.15, 0.2) is 0 Å². The molecule has 0 radical (unpaired) electrons. The van der Waals surface area contributed by atoms with Gasteiger partial charge in [-0.2, -0.15) is 0 Å². The summed E-state index contributed by atoms with van der Waals surface area (Å²) in [4.78, 5) is 0. The Morgan fingerprint density at radius 1 is 0.737 bits per heavy atom. The van der Waals surface area contributed by atoms with E-state index >= 15 is 0 Å². The maximum atomic E-state index is 5.51. The topological polar surface area (TPSA) is 27.7 Å². The van der Waals surface area contributed by atoms with E-state index in [0.29, 0.717) is 26.4 Å². The molecule has 0 aromatic heterocycles. The molecule has 0 aliphatic carbocycles. The number of para-hydroxylation sites is 1. The number of hydrogen-bond donors (Lipinski definition) is 0. The summed E-state index contributed by atoms with van der Waals surface area (Å²) in [7, 11) is 0. The van der Waals surface area contributed by atoms with Crippen LogP contribution < -0.4 is 4.74 Å². The van der Waals surface area contributed by atoms with Gasteiger partial charge in [0.25, 0.3) is 0 Å². The van der Waals surface area contributed by atoms with Crippen molar-refractivity contribution in [1.29, 1.82) is 0 Å². The van der Waals surface area contributed by atoms with Crippen LogP contribution in [-0.4, -0.2) is 33.0 Å². The summed E-state index contributed by atoms with van der Waals surface area (Å²) in [6.45, 7) is 5.58. The van der Waals surface area contributed by atoms with Gasteiger partial charge in [-0.05, 0) is 18.6 Å². The zero-order valence-corrected chi connectivity index (χ0v) is 12.0. The average molecular weight is 266 g/mol. The molecule has 0 aliphatic heterocycles. The summed E-state index contributed by atoms with van der Waals surface area (Å²) in [6, 6.07) is 9.78. The van der Waals surface area contributed by atoms with Crippen molar-refractivity contribution in [3.8, 4) is 5.75 Å². The van der Waals surface area contributed by atoms with E-state index in [9.17, 15) is 0 Å². The van der Waals surface area contributed by atoms with Gasteiger partial charge in [0, 0.05) is 6.61 Å². The van der Waals surface area contributed by atoms with Gasteiger partial charge in [-0.15, -0.1) is 0 Å². The van der Waals surface area contributed by atoms with E-state index in [1.54, 1.807) is 0 Å². The third-order valence-corrected chi connectivity index (χ3v) is 2.75. The maximum Gasteiger partial charge on any atom is 0.119 e. The molecule has 1 aromatic carbocycles. The van der Waals surface area contributed by atoms with Crippen LogP contribution in [0.4, 0.5) is 0 Å². The van der Waals surface area contributed by atoms with Crippen molar-refractivity contribution in [2.45, 2.75) is 32.6 Å². The SMILES string of the molecule is CCCCCCOCCOCCOc1ccccc1. The summed E-state index contributed by atoms with van der Waals surface area (Å²) in [6.07, 6.45) is 4.99. The first-order chi connectivity index (χ1) is 9.43. The molecule has 0 spiro atoms. The lowest BCUT2D eigenvalue weighted by Gasteiger charge is -2.07. The van der Waals surface area contributed by atoms with Crippen LogP contribution in [0.3, 0.4) is 0 Å². The Morgan fingerprint density at radius 3 is 2.16 bits per heavy atom. The molecule has 0 N–H and O–H groups in total. The zero-order chi connectivity index (χ0) is 13.6. The number of benzene rings is 1. The van der Waals surface area contributed by atoms with Crippen molar-refractivity contribution in [1.82, 2.24) is 0 Å². The molecule has 3 nitrogen and oxygen atoms in total. The fourth-order valence-electron chi connectivity index (χ4n) is 1.69. The van der Waals surface area contributed by atoms with E-state index in [-0.39, 0.29) is 0 Å². The molecular formula is C16H26O3. The van der Waals surface area contributed by atoms with Crippen molar-refractivity contribution in [2.24, 2.45) is 0 Å². The number of hydrogen-bond acceptors (Lipinski definition) is 3. The highest BCUT2D eigenvalue weighted by molar-refractivity contribution is 5.20. The van der Waals surface area contributed by atoms with Crippen LogP contribution in [0.5, 0.6) is 5.75 Å².